The minimum atomic E-state index is -0.280. The highest BCUT2D eigenvalue weighted by molar-refractivity contribution is 5.96. The molecule has 2 heterocycles. The maximum absolute atomic E-state index is 11.9. The molecule has 0 spiro atoms. The van der Waals surface area contributed by atoms with E-state index >= 15 is 0 Å². The number of carbonyl (C=O) groups is 2. The lowest BCUT2D eigenvalue weighted by atomic mass is 10.2. The summed E-state index contributed by atoms with van der Waals surface area (Å²) in [5.41, 5.74) is 1.23. The number of hydrogen-bond acceptors (Lipinski definition) is 6. The molecule has 8 nitrogen and oxygen atoms in total. The molecule has 2 amide bonds. The summed E-state index contributed by atoms with van der Waals surface area (Å²) in [6, 6.07) is 10.5. The fourth-order valence-electron chi connectivity index (χ4n) is 2.50. The van der Waals surface area contributed by atoms with Gasteiger partial charge in [0, 0.05) is 24.8 Å². The number of ether oxygens (including phenoxy) is 1. The van der Waals surface area contributed by atoms with Crippen LogP contribution < -0.4 is 15.5 Å². The van der Waals surface area contributed by atoms with Crippen LogP contribution in [0.25, 0.3) is 0 Å². The van der Waals surface area contributed by atoms with E-state index < -0.39 is 0 Å². The molecule has 0 bridgehead atoms. The zero-order valence-corrected chi connectivity index (χ0v) is 14.4. The topological polar surface area (TPSA) is 96.5 Å². The van der Waals surface area contributed by atoms with E-state index in [0.29, 0.717) is 30.4 Å². The zero-order chi connectivity index (χ0) is 18.2. The summed E-state index contributed by atoms with van der Waals surface area (Å²) in [6.07, 6.45) is 1.68. The lowest BCUT2D eigenvalue weighted by Gasteiger charge is -2.26. The molecule has 0 saturated carbocycles. The van der Waals surface area contributed by atoms with Crippen LogP contribution in [-0.4, -0.2) is 54.6 Å². The summed E-state index contributed by atoms with van der Waals surface area (Å²) in [4.78, 5) is 34.6. The predicted octanol–water partition coefficient (Wildman–Crippen LogP) is 0.359. The summed E-state index contributed by atoms with van der Waals surface area (Å²) in [6.45, 7) is 3.01. The normalized spacial score (nSPS) is 13.9. The molecule has 0 unspecified atom stereocenters. The zero-order valence-electron chi connectivity index (χ0n) is 14.4. The molecule has 1 aromatic heterocycles. The van der Waals surface area contributed by atoms with Crippen LogP contribution in [-0.2, 0) is 16.1 Å². The van der Waals surface area contributed by atoms with Crippen LogP contribution in [0.15, 0.2) is 42.6 Å². The van der Waals surface area contributed by atoms with Crippen molar-refractivity contribution in [3.05, 3.63) is 53.9 Å². The van der Waals surface area contributed by atoms with Crippen LogP contribution in [0.3, 0.4) is 0 Å². The van der Waals surface area contributed by atoms with E-state index in [1.54, 1.807) is 36.5 Å². The second-order valence-corrected chi connectivity index (χ2v) is 5.77. The molecule has 0 radical (unpaired) electrons. The van der Waals surface area contributed by atoms with Gasteiger partial charge in [-0.3, -0.25) is 9.59 Å². The average molecular weight is 355 g/mol. The summed E-state index contributed by atoms with van der Waals surface area (Å²) >= 11 is 0. The Labute approximate surface area is 151 Å². The SMILES string of the molecule is O=C(CNC(=O)c1ccccc1)NCc1ccnc(N2CCOCC2)n1. The molecule has 2 aromatic rings. The number of carbonyl (C=O) groups excluding carboxylic acids is 2. The number of benzene rings is 1. The molecule has 8 heteroatoms. The van der Waals surface area contributed by atoms with Crippen LogP contribution in [0.4, 0.5) is 5.95 Å². The summed E-state index contributed by atoms with van der Waals surface area (Å²) in [5, 5.41) is 5.34. The number of nitrogens with one attached hydrogen (secondary N) is 2. The lowest BCUT2D eigenvalue weighted by Crippen LogP contribution is -2.38. The smallest absolute Gasteiger partial charge is 0.251 e. The Morgan fingerprint density at radius 1 is 1.08 bits per heavy atom. The third kappa shape index (κ3) is 5.00. The molecule has 1 fully saturated rings. The number of nitrogens with zero attached hydrogens (tertiary/aromatic N) is 3. The molecular formula is C18H21N5O3. The van der Waals surface area contributed by atoms with Crippen LogP contribution in [0.5, 0.6) is 0 Å². The molecule has 2 N–H and O–H groups in total. The van der Waals surface area contributed by atoms with Crippen molar-refractivity contribution >= 4 is 17.8 Å². The van der Waals surface area contributed by atoms with E-state index in [0.717, 1.165) is 13.1 Å². The van der Waals surface area contributed by atoms with Gasteiger partial charge in [-0.2, -0.15) is 0 Å². The Bertz CT molecular complexity index is 748. The Morgan fingerprint density at radius 2 is 1.85 bits per heavy atom. The van der Waals surface area contributed by atoms with Crippen LogP contribution in [0.2, 0.25) is 0 Å². The van der Waals surface area contributed by atoms with Gasteiger partial charge in [0.05, 0.1) is 32.0 Å². The second kappa shape index (κ2) is 8.91. The van der Waals surface area contributed by atoms with Crippen LogP contribution in [0.1, 0.15) is 16.1 Å². The largest absolute Gasteiger partial charge is 0.378 e. The van der Waals surface area contributed by atoms with Gasteiger partial charge in [0.25, 0.3) is 5.91 Å². The van der Waals surface area contributed by atoms with Crippen molar-refractivity contribution in [2.75, 3.05) is 37.7 Å². The molecule has 1 saturated heterocycles. The van der Waals surface area contributed by atoms with Crippen LogP contribution in [0, 0.1) is 0 Å². The first-order valence-electron chi connectivity index (χ1n) is 8.47. The molecule has 1 aromatic carbocycles. The second-order valence-electron chi connectivity index (χ2n) is 5.77. The van der Waals surface area contributed by atoms with Crippen LogP contribution >= 0.6 is 0 Å². The van der Waals surface area contributed by atoms with Crippen molar-refractivity contribution < 1.29 is 14.3 Å². The minimum absolute atomic E-state index is 0.0882. The van der Waals surface area contributed by atoms with Crippen molar-refractivity contribution in [2.24, 2.45) is 0 Å². The standard InChI is InChI=1S/C18H21N5O3/c24-16(13-21-17(25)14-4-2-1-3-5-14)20-12-15-6-7-19-18(22-15)23-8-10-26-11-9-23/h1-7H,8-13H2,(H,20,24)(H,21,25). The minimum Gasteiger partial charge on any atom is -0.378 e. The molecular weight excluding hydrogens is 334 g/mol. The first kappa shape index (κ1) is 17.8. The maximum Gasteiger partial charge on any atom is 0.251 e. The Morgan fingerprint density at radius 3 is 2.62 bits per heavy atom. The highest BCUT2D eigenvalue weighted by Gasteiger charge is 2.14. The summed E-state index contributed by atoms with van der Waals surface area (Å²) in [7, 11) is 0. The van der Waals surface area contributed by atoms with E-state index in [4.69, 9.17) is 4.74 Å². The molecule has 1 aliphatic heterocycles. The molecule has 26 heavy (non-hydrogen) atoms. The molecule has 3 rings (SSSR count). The number of morpholine rings is 1. The number of anilines is 1. The van der Waals surface area contributed by atoms with Crippen molar-refractivity contribution in [3.63, 3.8) is 0 Å². The Balaban J connectivity index is 1.46. The van der Waals surface area contributed by atoms with Gasteiger partial charge in [-0.05, 0) is 18.2 Å². The Hall–Kier alpha value is -3.00. The van der Waals surface area contributed by atoms with Gasteiger partial charge in [-0.25, -0.2) is 9.97 Å². The average Bonchev–Trinajstić information content (AvgIpc) is 2.72. The monoisotopic (exact) mass is 355 g/mol. The van der Waals surface area contributed by atoms with Crippen molar-refractivity contribution in [2.45, 2.75) is 6.54 Å². The maximum atomic E-state index is 11.9. The number of amides is 2. The fourth-order valence-corrected chi connectivity index (χ4v) is 2.50. The van der Waals surface area contributed by atoms with Crippen molar-refractivity contribution in [3.8, 4) is 0 Å². The van der Waals surface area contributed by atoms with Gasteiger partial charge in [-0.1, -0.05) is 18.2 Å². The van der Waals surface area contributed by atoms with E-state index in [1.807, 2.05) is 6.07 Å². The highest BCUT2D eigenvalue weighted by Crippen LogP contribution is 2.09. The molecule has 1 aliphatic rings. The van der Waals surface area contributed by atoms with Crippen molar-refractivity contribution in [1.29, 1.82) is 0 Å². The predicted molar refractivity (Wildman–Crippen MR) is 95.7 cm³/mol. The Kier molecular flexibility index (Phi) is 6.10. The summed E-state index contributed by atoms with van der Waals surface area (Å²) in [5.74, 6) is 0.0793. The molecule has 0 aliphatic carbocycles. The van der Waals surface area contributed by atoms with E-state index in [9.17, 15) is 9.59 Å². The number of aromatic nitrogens is 2. The fraction of sp³-hybridized carbons (Fsp3) is 0.333. The van der Waals surface area contributed by atoms with Crippen molar-refractivity contribution in [1.82, 2.24) is 20.6 Å². The van der Waals surface area contributed by atoms with E-state index in [2.05, 4.69) is 25.5 Å². The lowest BCUT2D eigenvalue weighted by molar-refractivity contribution is -0.120. The quantitative estimate of drug-likeness (QED) is 0.777. The number of rotatable bonds is 6. The van der Waals surface area contributed by atoms with Gasteiger partial charge in [-0.15, -0.1) is 0 Å². The first-order valence-corrected chi connectivity index (χ1v) is 8.47. The third-order valence-electron chi connectivity index (χ3n) is 3.91. The first-order chi connectivity index (χ1) is 12.7. The number of hydrogen-bond donors (Lipinski definition) is 2. The molecule has 0 atom stereocenters. The summed E-state index contributed by atoms with van der Waals surface area (Å²) < 4.78 is 5.32. The van der Waals surface area contributed by atoms with Gasteiger partial charge in [0.1, 0.15) is 0 Å². The third-order valence-corrected chi connectivity index (χ3v) is 3.91. The van der Waals surface area contributed by atoms with E-state index in [1.165, 1.54) is 0 Å². The van der Waals surface area contributed by atoms with Gasteiger partial charge < -0.3 is 20.3 Å². The van der Waals surface area contributed by atoms with Gasteiger partial charge in [0.15, 0.2) is 0 Å². The molecule has 136 valence electrons. The van der Waals surface area contributed by atoms with Gasteiger partial charge in [0.2, 0.25) is 11.9 Å². The van der Waals surface area contributed by atoms with Gasteiger partial charge >= 0.3 is 0 Å². The highest BCUT2D eigenvalue weighted by atomic mass is 16.5. The van der Waals surface area contributed by atoms with E-state index in [-0.39, 0.29) is 24.9 Å².